The van der Waals surface area contributed by atoms with E-state index in [-0.39, 0.29) is 16.7 Å². The summed E-state index contributed by atoms with van der Waals surface area (Å²) in [6.45, 7) is 3.22. The van der Waals surface area contributed by atoms with Gasteiger partial charge < -0.3 is 4.90 Å². The summed E-state index contributed by atoms with van der Waals surface area (Å²) in [6, 6.07) is 5.03. The van der Waals surface area contributed by atoms with E-state index >= 15 is 0 Å². The van der Waals surface area contributed by atoms with Gasteiger partial charge in [-0.05, 0) is 68.7 Å². The summed E-state index contributed by atoms with van der Waals surface area (Å²) in [4.78, 5) is 14.9. The molecule has 0 aromatic heterocycles. The molecule has 1 saturated heterocycles. The van der Waals surface area contributed by atoms with E-state index in [1.165, 1.54) is 43.5 Å². The number of carbonyl (C=O) groups is 1. The molecule has 0 bridgehead atoms. The number of piperidine rings is 1. The summed E-state index contributed by atoms with van der Waals surface area (Å²) in [5, 5.41) is -0.494. The van der Waals surface area contributed by atoms with Crippen LogP contribution < -0.4 is 0 Å². The van der Waals surface area contributed by atoms with Crippen LogP contribution in [0.15, 0.2) is 29.2 Å². The van der Waals surface area contributed by atoms with Crippen LogP contribution in [-0.4, -0.2) is 37.6 Å². The van der Waals surface area contributed by atoms with Crippen LogP contribution in [0.4, 0.5) is 4.39 Å². The summed E-state index contributed by atoms with van der Waals surface area (Å²) in [6.07, 6.45) is 8.94. The van der Waals surface area contributed by atoms with Gasteiger partial charge in [0.2, 0.25) is 5.91 Å². The van der Waals surface area contributed by atoms with Crippen molar-refractivity contribution in [2.24, 2.45) is 11.8 Å². The molecule has 6 heteroatoms. The standard InChI is InChI=1S/C22H32FNO3S/c1-2-3-4-17-5-7-18(8-6-17)22(25)24-15-13-21(14-16-24)28(26,27)20-11-9-19(23)10-12-20/h9-12,17-18,21H,2-8,13-16H2,1H3. The van der Waals surface area contributed by atoms with Crippen molar-refractivity contribution >= 4 is 15.7 Å². The molecule has 1 amide bonds. The number of nitrogens with zero attached hydrogens (tertiary/aromatic N) is 1. The van der Waals surface area contributed by atoms with Crippen molar-refractivity contribution in [3.63, 3.8) is 0 Å². The van der Waals surface area contributed by atoms with Crippen molar-refractivity contribution in [1.82, 2.24) is 4.90 Å². The van der Waals surface area contributed by atoms with E-state index in [0.717, 1.165) is 31.6 Å². The third-order valence-electron chi connectivity index (χ3n) is 6.50. The van der Waals surface area contributed by atoms with E-state index in [1.807, 2.05) is 4.90 Å². The van der Waals surface area contributed by atoms with Crippen molar-refractivity contribution in [1.29, 1.82) is 0 Å². The van der Waals surface area contributed by atoms with Crippen LogP contribution in [0.1, 0.15) is 64.7 Å². The monoisotopic (exact) mass is 409 g/mol. The van der Waals surface area contributed by atoms with Gasteiger partial charge in [0.05, 0.1) is 10.1 Å². The molecule has 1 heterocycles. The van der Waals surface area contributed by atoms with Gasteiger partial charge in [-0.2, -0.15) is 0 Å². The molecule has 28 heavy (non-hydrogen) atoms. The van der Waals surface area contributed by atoms with Crippen LogP contribution >= 0.6 is 0 Å². The van der Waals surface area contributed by atoms with E-state index in [1.54, 1.807) is 0 Å². The van der Waals surface area contributed by atoms with E-state index in [2.05, 4.69) is 6.92 Å². The largest absolute Gasteiger partial charge is 0.342 e. The quantitative estimate of drug-likeness (QED) is 0.646. The molecular weight excluding hydrogens is 377 g/mol. The molecule has 2 fully saturated rings. The van der Waals surface area contributed by atoms with Crippen molar-refractivity contribution in [2.75, 3.05) is 13.1 Å². The minimum Gasteiger partial charge on any atom is -0.342 e. The highest BCUT2D eigenvalue weighted by Crippen LogP contribution is 2.34. The van der Waals surface area contributed by atoms with Crippen molar-refractivity contribution in [2.45, 2.75) is 74.9 Å². The molecule has 0 spiro atoms. The zero-order chi connectivity index (χ0) is 20.1. The van der Waals surface area contributed by atoms with Gasteiger partial charge in [-0.1, -0.05) is 26.2 Å². The first-order valence-electron chi connectivity index (χ1n) is 10.7. The molecule has 0 atom stereocenters. The summed E-state index contributed by atoms with van der Waals surface area (Å²) in [7, 11) is -3.47. The lowest BCUT2D eigenvalue weighted by molar-refractivity contribution is -0.137. The number of rotatable bonds is 6. The van der Waals surface area contributed by atoms with Gasteiger partial charge in [-0.25, -0.2) is 12.8 Å². The van der Waals surface area contributed by atoms with E-state index in [9.17, 15) is 17.6 Å². The highest BCUT2D eigenvalue weighted by molar-refractivity contribution is 7.92. The molecule has 3 rings (SSSR count). The fourth-order valence-electron chi connectivity index (χ4n) is 4.65. The van der Waals surface area contributed by atoms with Crippen molar-refractivity contribution in [3.8, 4) is 0 Å². The second-order valence-electron chi connectivity index (χ2n) is 8.38. The number of hydrogen-bond acceptors (Lipinski definition) is 3. The molecule has 1 aromatic carbocycles. The first-order chi connectivity index (χ1) is 13.4. The third-order valence-corrected chi connectivity index (χ3v) is 8.77. The predicted octanol–water partition coefficient (Wildman–Crippen LogP) is 4.59. The van der Waals surface area contributed by atoms with Gasteiger partial charge >= 0.3 is 0 Å². The Balaban J connectivity index is 1.51. The van der Waals surface area contributed by atoms with Gasteiger partial charge in [-0.15, -0.1) is 0 Å². The van der Waals surface area contributed by atoms with Gasteiger partial charge in [-0.3, -0.25) is 4.79 Å². The van der Waals surface area contributed by atoms with Crippen LogP contribution in [0.5, 0.6) is 0 Å². The van der Waals surface area contributed by atoms with E-state index in [0.29, 0.717) is 25.9 Å². The first-order valence-corrected chi connectivity index (χ1v) is 12.2. The number of halogens is 1. The first kappa shape index (κ1) is 21.3. The number of sulfone groups is 1. The van der Waals surface area contributed by atoms with Crippen LogP contribution in [-0.2, 0) is 14.6 Å². The number of carbonyl (C=O) groups excluding carboxylic acids is 1. The number of hydrogen-bond donors (Lipinski definition) is 0. The zero-order valence-corrected chi connectivity index (χ0v) is 17.6. The summed E-state index contributed by atoms with van der Waals surface area (Å²) < 4.78 is 38.6. The molecule has 1 aromatic rings. The Kier molecular flexibility index (Phi) is 7.13. The second-order valence-corrected chi connectivity index (χ2v) is 10.6. The van der Waals surface area contributed by atoms with Gasteiger partial charge in [0.15, 0.2) is 9.84 Å². The predicted molar refractivity (Wildman–Crippen MR) is 108 cm³/mol. The maximum atomic E-state index is 13.1. The lowest BCUT2D eigenvalue weighted by Gasteiger charge is -2.36. The van der Waals surface area contributed by atoms with Crippen LogP contribution in [0.3, 0.4) is 0 Å². The Hall–Kier alpha value is -1.43. The van der Waals surface area contributed by atoms with Crippen molar-refractivity contribution in [3.05, 3.63) is 30.1 Å². The molecule has 0 radical (unpaired) electrons. The molecule has 2 aliphatic rings. The van der Waals surface area contributed by atoms with Crippen LogP contribution in [0, 0.1) is 17.7 Å². The van der Waals surface area contributed by atoms with Gasteiger partial charge in [0.1, 0.15) is 5.82 Å². The number of benzene rings is 1. The maximum Gasteiger partial charge on any atom is 0.225 e. The smallest absolute Gasteiger partial charge is 0.225 e. The summed E-state index contributed by atoms with van der Waals surface area (Å²) >= 11 is 0. The van der Waals surface area contributed by atoms with Crippen LogP contribution in [0.25, 0.3) is 0 Å². The Morgan fingerprint density at radius 2 is 1.64 bits per heavy atom. The average molecular weight is 410 g/mol. The Morgan fingerprint density at radius 1 is 1.04 bits per heavy atom. The summed E-state index contributed by atoms with van der Waals surface area (Å²) in [5.74, 6) is 0.661. The number of unbranched alkanes of at least 4 members (excludes halogenated alkanes) is 1. The molecule has 1 aliphatic heterocycles. The normalized spacial score (nSPS) is 24.3. The van der Waals surface area contributed by atoms with E-state index in [4.69, 9.17) is 0 Å². The van der Waals surface area contributed by atoms with E-state index < -0.39 is 20.9 Å². The molecular formula is C22H32FNO3S. The second kappa shape index (κ2) is 9.38. The third kappa shape index (κ3) is 4.94. The Labute approximate surface area is 168 Å². The maximum absolute atomic E-state index is 13.1. The lowest BCUT2D eigenvalue weighted by Crippen LogP contribution is -2.45. The molecule has 156 valence electrons. The van der Waals surface area contributed by atoms with Crippen molar-refractivity contribution < 1.29 is 17.6 Å². The zero-order valence-electron chi connectivity index (χ0n) is 16.8. The molecule has 4 nitrogen and oxygen atoms in total. The molecule has 0 unspecified atom stereocenters. The SMILES string of the molecule is CCCCC1CCC(C(=O)N2CCC(S(=O)(=O)c3ccc(F)cc3)CC2)CC1. The minimum atomic E-state index is -3.47. The minimum absolute atomic E-state index is 0.114. The fraction of sp³-hybridized carbons (Fsp3) is 0.682. The van der Waals surface area contributed by atoms with Gasteiger partial charge in [0, 0.05) is 19.0 Å². The summed E-state index contributed by atoms with van der Waals surface area (Å²) in [5.41, 5.74) is 0. The Bertz CT molecular complexity index is 746. The number of likely N-dealkylation sites (tertiary alicyclic amines) is 1. The Morgan fingerprint density at radius 3 is 2.21 bits per heavy atom. The topological polar surface area (TPSA) is 54.5 Å². The molecule has 0 N–H and O–H groups in total. The van der Waals surface area contributed by atoms with Gasteiger partial charge in [0.25, 0.3) is 0 Å². The highest BCUT2D eigenvalue weighted by atomic mass is 32.2. The lowest BCUT2D eigenvalue weighted by atomic mass is 9.79. The molecule has 1 aliphatic carbocycles. The fourth-order valence-corrected chi connectivity index (χ4v) is 6.38. The number of amides is 1. The average Bonchev–Trinajstić information content (AvgIpc) is 2.72. The molecule has 1 saturated carbocycles. The highest BCUT2D eigenvalue weighted by Gasteiger charge is 2.35. The van der Waals surface area contributed by atoms with Crippen LogP contribution in [0.2, 0.25) is 0 Å².